The van der Waals surface area contributed by atoms with Gasteiger partial charge in [-0.15, -0.1) is 0 Å². The molecule has 2 aliphatic heterocycles. The van der Waals surface area contributed by atoms with Crippen LogP contribution in [0.5, 0.6) is 0 Å². The molecule has 0 aromatic carbocycles. The Bertz CT molecular complexity index is 454. The molecule has 1 aromatic heterocycles. The number of rotatable bonds is 5. The van der Waals surface area contributed by atoms with Gasteiger partial charge < -0.3 is 14.0 Å². The van der Waals surface area contributed by atoms with Gasteiger partial charge in [0.05, 0.1) is 18.6 Å². The zero-order valence-electron chi connectivity index (χ0n) is 13.3. The van der Waals surface area contributed by atoms with Crippen molar-refractivity contribution in [2.24, 2.45) is 13.0 Å². The Morgan fingerprint density at radius 1 is 1.38 bits per heavy atom. The minimum Gasteiger partial charge on any atom is -0.381 e. The summed E-state index contributed by atoms with van der Waals surface area (Å²) in [5.41, 5.74) is 2.60. The van der Waals surface area contributed by atoms with Crippen LogP contribution >= 0.6 is 0 Å². The molecule has 2 aliphatic rings. The highest BCUT2D eigenvalue weighted by Crippen LogP contribution is 2.29. The van der Waals surface area contributed by atoms with Gasteiger partial charge in [0.1, 0.15) is 0 Å². The SMILES string of the molecule is CCOC[C@@H]1CN(CC2CCOCC2)Cc2ncn(C)c21. The van der Waals surface area contributed by atoms with Crippen LogP contribution in [0.2, 0.25) is 0 Å². The highest BCUT2D eigenvalue weighted by molar-refractivity contribution is 5.21. The zero-order chi connectivity index (χ0) is 14.7. The Balaban J connectivity index is 1.67. The molecule has 1 fully saturated rings. The van der Waals surface area contributed by atoms with Crippen molar-refractivity contribution in [3.63, 3.8) is 0 Å². The number of nitrogens with zero attached hydrogens (tertiary/aromatic N) is 3. The normalized spacial score (nSPS) is 24.2. The molecule has 1 atom stereocenters. The Kier molecular flexibility index (Phi) is 4.93. The lowest BCUT2D eigenvalue weighted by Crippen LogP contribution is -2.40. The molecular weight excluding hydrogens is 266 g/mol. The van der Waals surface area contributed by atoms with Gasteiger partial charge >= 0.3 is 0 Å². The molecule has 0 unspecified atom stereocenters. The quantitative estimate of drug-likeness (QED) is 0.829. The number of hydrogen-bond acceptors (Lipinski definition) is 4. The van der Waals surface area contributed by atoms with Gasteiger partial charge in [-0.1, -0.05) is 0 Å². The Morgan fingerprint density at radius 2 is 2.19 bits per heavy atom. The molecule has 0 saturated carbocycles. The Hall–Kier alpha value is -0.910. The van der Waals surface area contributed by atoms with Crippen LogP contribution in [-0.4, -0.2) is 54.0 Å². The van der Waals surface area contributed by atoms with Crippen molar-refractivity contribution in [3.8, 4) is 0 Å². The van der Waals surface area contributed by atoms with Crippen LogP contribution in [0.4, 0.5) is 0 Å². The van der Waals surface area contributed by atoms with Gasteiger partial charge in [0.15, 0.2) is 0 Å². The molecule has 3 rings (SSSR count). The minimum absolute atomic E-state index is 0.445. The molecule has 0 aliphatic carbocycles. The van der Waals surface area contributed by atoms with E-state index in [1.165, 1.54) is 30.8 Å². The zero-order valence-corrected chi connectivity index (χ0v) is 13.3. The maximum absolute atomic E-state index is 5.70. The lowest BCUT2D eigenvalue weighted by Gasteiger charge is -2.35. The van der Waals surface area contributed by atoms with Crippen molar-refractivity contribution in [2.45, 2.75) is 32.2 Å². The van der Waals surface area contributed by atoms with Crippen molar-refractivity contribution >= 4 is 0 Å². The molecule has 0 radical (unpaired) electrons. The van der Waals surface area contributed by atoms with E-state index in [9.17, 15) is 0 Å². The largest absolute Gasteiger partial charge is 0.381 e. The smallest absolute Gasteiger partial charge is 0.0949 e. The first-order chi connectivity index (χ1) is 10.3. The summed E-state index contributed by atoms with van der Waals surface area (Å²) >= 11 is 0. The summed E-state index contributed by atoms with van der Waals surface area (Å²) in [5.74, 6) is 1.22. The summed E-state index contributed by atoms with van der Waals surface area (Å²) in [7, 11) is 2.10. The van der Waals surface area contributed by atoms with Crippen LogP contribution < -0.4 is 0 Å². The first-order valence-corrected chi connectivity index (χ1v) is 8.15. The van der Waals surface area contributed by atoms with Crippen LogP contribution in [-0.2, 0) is 23.1 Å². The van der Waals surface area contributed by atoms with Gasteiger partial charge in [0.25, 0.3) is 0 Å². The number of hydrogen-bond donors (Lipinski definition) is 0. The number of aryl methyl sites for hydroxylation is 1. The lowest BCUT2D eigenvalue weighted by atomic mass is 9.95. The maximum Gasteiger partial charge on any atom is 0.0949 e. The second-order valence-corrected chi connectivity index (χ2v) is 6.29. The van der Waals surface area contributed by atoms with Gasteiger partial charge in [-0.25, -0.2) is 4.98 Å². The highest BCUT2D eigenvalue weighted by Gasteiger charge is 2.30. The molecule has 1 aromatic rings. The summed E-state index contributed by atoms with van der Waals surface area (Å²) in [6, 6.07) is 0. The van der Waals surface area contributed by atoms with E-state index in [2.05, 4.69) is 28.4 Å². The molecule has 0 spiro atoms. The summed E-state index contributed by atoms with van der Waals surface area (Å²) in [5, 5.41) is 0. The van der Waals surface area contributed by atoms with E-state index >= 15 is 0 Å². The molecule has 0 amide bonds. The highest BCUT2D eigenvalue weighted by atomic mass is 16.5. The molecule has 5 heteroatoms. The average molecular weight is 293 g/mol. The van der Waals surface area contributed by atoms with Gasteiger partial charge in [-0.2, -0.15) is 0 Å². The third-order valence-corrected chi connectivity index (χ3v) is 4.68. The summed E-state index contributed by atoms with van der Waals surface area (Å²) < 4.78 is 13.3. The maximum atomic E-state index is 5.70. The standard InChI is InChI=1S/C16H27N3O2/c1-3-20-11-14-9-19(8-13-4-6-21-7-5-13)10-15-16(14)18(2)12-17-15/h12-14H,3-11H2,1-2H3/t14-/m0/s1. The molecule has 21 heavy (non-hydrogen) atoms. The topological polar surface area (TPSA) is 39.5 Å². The summed E-state index contributed by atoms with van der Waals surface area (Å²) in [6.45, 7) is 8.73. The summed E-state index contributed by atoms with van der Waals surface area (Å²) in [6.07, 6.45) is 4.34. The van der Waals surface area contributed by atoms with Crippen LogP contribution in [0.15, 0.2) is 6.33 Å². The van der Waals surface area contributed by atoms with E-state index in [-0.39, 0.29) is 0 Å². The molecule has 3 heterocycles. The predicted octanol–water partition coefficient (Wildman–Crippen LogP) is 1.78. The Labute approximate surface area is 127 Å². The van der Waals surface area contributed by atoms with Gasteiger partial charge in [-0.3, -0.25) is 4.90 Å². The fourth-order valence-corrected chi connectivity index (χ4v) is 3.63. The van der Waals surface area contributed by atoms with Crippen molar-refractivity contribution in [1.29, 1.82) is 0 Å². The third kappa shape index (κ3) is 3.47. The molecular formula is C16H27N3O2. The van der Waals surface area contributed by atoms with E-state index in [1.54, 1.807) is 0 Å². The van der Waals surface area contributed by atoms with E-state index in [0.717, 1.165) is 45.4 Å². The number of ether oxygens (including phenoxy) is 2. The van der Waals surface area contributed by atoms with Gasteiger partial charge in [-0.05, 0) is 25.7 Å². The average Bonchev–Trinajstić information content (AvgIpc) is 2.87. The van der Waals surface area contributed by atoms with Crippen LogP contribution in [0.1, 0.15) is 37.1 Å². The van der Waals surface area contributed by atoms with Crippen molar-refractivity contribution in [1.82, 2.24) is 14.5 Å². The van der Waals surface area contributed by atoms with E-state index < -0.39 is 0 Å². The first-order valence-electron chi connectivity index (χ1n) is 8.15. The fraction of sp³-hybridized carbons (Fsp3) is 0.812. The van der Waals surface area contributed by atoms with Crippen molar-refractivity contribution < 1.29 is 9.47 Å². The monoisotopic (exact) mass is 293 g/mol. The number of imidazole rings is 1. The van der Waals surface area contributed by atoms with Crippen LogP contribution in [0.3, 0.4) is 0 Å². The fourth-order valence-electron chi connectivity index (χ4n) is 3.63. The predicted molar refractivity (Wildman–Crippen MR) is 81.3 cm³/mol. The lowest BCUT2D eigenvalue weighted by molar-refractivity contribution is 0.0438. The first kappa shape index (κ1) is 15.0. The molecule has 1 saturated heterocycles. The molecule has 0 bridgehead atoms. The second kappa shape index (κ2) is 6.90. The summed E-state index contributed by atoms with van der Waals surface area (Å²) in [4.78, 5) is 7.16. The minimum atomic E-state index is 0.445. The molecule has 5 nitrogen and oxygen atoms in total. The molecule has 0 N–H and O–H groups in total. The van der Waals surface area contributed by atoms with Gasteiger partial charge in [0, 0.05) is 58.1 Å². The molecule has 118 valence electrons. The van der Waals surface area contributed by atoms with E-state index in [4.69, 9.17) is 9.47 Å². The van der Waals surface area contributed by atoms with Gasteiger partial charge in [0.2, 0.25) is 0 Å². The third-order valence-electron chi connectivity index (χ3n) is 4.68. The van der Waals surface area contributed by atoms with Crippen molar-refractivity contribution in [3.05, 3.63) is 17.7 Å². The number of fused-ring (bicyclic) bond motifs is 1. The van der Waals surface area contributed by atoms with E-state index in [0.29, 0.717) is 5.92 Å². The van der Waals surface area contributed by atoms with Crippen LogP contribution in [0.25, 0.3) is 0 Å². The van der Waals surface area contributed by atoms with E-state index in [1.807, 2.05) is 6.33 Å². The van der Waals surface area contributed by atoms with Crippen molar-refractivity contribution in [2.75, 3.05) is 39.5 Å². The number of aromatic nitrogens is 2. The Morgan fingerprint density at radius 3 is 2.95 bits per heavy atom. The van der Waals surface area contributed by atoms with Crippen LogP contribution in [0, 0.1) is 5.92 Å². The second-order valence-electron chi connectivity index (χ2n) is 6.29.